The molecular formula is C16H17N3O. The lowest BCUT2D eigenvalue weighted by Crippen LogP contribution is -2.35. The number of carbonyl (C=O) groups is 1. The standard InChI is InChI=1S/C16H17N3O/c1-11-3-7-13(8-4-11)15(20)19-16(17)18-14-9-5-12(2)6-10-14/h3-10H,1-2H3,(H3,17,18,19,20). The fourth-order valence-corrected chi connectivity index (χ4v) is 1.70. The first kappa shape index (κ1) is 13.8. The summed E-state index contributed by atoms with van der Waals surface area (Å²) in [6.45, 7) is 3.96. The Bertz CT molecular complexity index is 615. The van der Waals surface area contributed by atoms with Crippen LogP contribution in [0.3, 0.4) is 0 Å². The summed E-state index contributed by atoms with van der Waals surface area (Å²) in [6, 6.07) is 14.8. The number of carbonyl (C=O) groups excluding carboxylic acids is 1. The molecule has 0 heterocycles. The number of guanidine groups is 1. The van der Waals surface area contributed by atoms with E-state index in [0.717, 1.165) is 16.8 Å². The lowest BCUT2D eigenvalue weighted by atomic mass is 10.1. The van der Waals surface area contributed by atoms with Crippen LogP contribution >= 0.6 is 0 Å². The number of rotatable bonds is 2. The van der Waals surface area contributed by atoms with Gasteiger partial charge in [0.25, 0.3) is 5.91 Å². The zero-order chi connectivity index (χ0) is 14.5. The predicted octanol–water partition coefficient (Wildman–Crippen LogP) is 3.08. The van der Waals surface area contributed by atoms with Crippen LogP contribution in [-0.4, -0.2) is 11.9 Å². The zero-order valence-corrected chi connectivity index (χ0v) is 11.5. The number of hydrogen-bond acceptors (Lipinski definition) is 2. The fourth-order valence-electron chi connectivity index (χ4n) is 1.70. The molecule has 4 nitrogen and oxygen atoms in total. The zero-order valence-electron chi connectivity index (χ0n) is 11.5. The third-order valence-corrected chi connectivity index (χ3v) is 2.87. The minimum Gasteiger partial charge on any atom is -0.326 e. The van der Waals surface area contributed by atoms with Crippen molar-refractivity contribution in [2.75, 3.05) is 5.32 Å². The van der Waals surface area contributed by atoms with Crippen molar-refractivity contribution in [2.24, 2.45) is 0 Å². The number of hydrogen-bond donors (Lipinski definition) is 3. The molecule has 20 heavy (non-hydrogen) atoms. The lowest BCUT2D eigenvalue weighted by molar-refractivity contribution is 0.0977. The number of amides is 1. The Morgan fingerprint density at radius 2 is 1.40 bits per heavy atom. The van der Waals surface area contributed by atoms with Gasteiger partial charge in [0.05, 0.1) is 0 Å². The summed E-state index contributed by atoms with van der Waals surface area (Å²) in [5.74, 6) is -0.339. The summed E-state index contributed by atoms with van der Waals surface area (Å²) in [5, 5.41) is 13.1. The summed E-state index contributed by atoms with van der Waals surface area (Å²) in [5.41, 5.74) is 3.54. The van der Waals surface area contributed by atoms with E-state index in [9.17, 15) is 4.79 Å². The van der Waals surface area contributed by atoms with Gasteiger partial charge in [-0.25, -0.2) is 0 Å². The van der Waals surface area contributed by atoms with Gasteiger partial charge in [0.1, 0.15) is 0 Å². The molecule has 0 aliphatic rings. The Morgan fingerprint density at radius 3 is 1.95 bits per heavy atom. The number of nitrogens with one attached hydrogen (secondary N) is 3. The van der Waals surface area contributed by atoms with Gasteiger partial charge >= 0.3 is 0 Å². The van der Waals surface area contributed by atoms with Crippen LogP contribution < -0.4 is 10.6 Å². The highest BCUT2D eigenvalue weighted by Gasteiger charge is 2.07. The summed E-state index contributed by atoms with van der Waals surface area (Å²) in [7, 11) is 0. The van der Waals surface area contributed by atoms with Crippen molar-refractivity contribution in [3.8, 4) is 0 Å². The van der Waals surface area contributed by atoms with Gasteiger partial charge in [0, 0.05) is 11.3 Å². The molecule has 4 heteroatoms. The molecule has 0 aliphatic carbocycles. The van der Waals surface area contributed by atoms with E-state index in [1.165, 1.54) is 0 Å². The first-order valence-electron chi connectivity index (χ1n) is 6.35. The Labute approximate surface area is 118 Å². The highest BCUT2D eigenvalue weighted by molar-refractivity contribution is 6.08. The quantitative estimate of drug-likeness (QED) is 0.578. The minimum atomic E-state index is -0.297. The molecule has 3 N–H and O–H groups in total. The molecule has 0 unspecified atom stereocenters. The van der Waals surface area contributed by atoms with E-state index in [2.05, 4.69) is 10.6 Å². The fraction of sp³-hybridized carbons (Fsp3) is 0.125. The average molecular weight is 267 g/mol. The van der Waals surface area contributed by atoms with E-state index >= 15 is 0 Å². The van der Waals surface area contributed by atoms with Crippen molar-refractivity contribution in [2.45, 2.75) is 13.8 Å². The first-order valence-corrected chi connectivity index (χ1v) is 6.35. The van der Waals surface area contributed by atoms with Crippen LogP contribution in [0.5, 0.6) is 0 Å². The Hall–Kier alpha value is -2.62. The van der Waals surface area contributed by atoms with Crippen LogP contribution in [0.15, 0.2) is 48.5 Å². The molecule has 2 aromatic rings. The van der Waals surface area contributed by atoms with Crippen molar-refractivity contribution in [3.63, 3.8) is 0 Å². The van der Waals surface area contributed by atoms with Gasteiger partial charge in [0.15, 0.2) is 5.96 Å². The van der Waals surface area contributed by atoms with Gasteiger partial charge < -0.3 is 5.32 Å². The molecule has 0 fully saturated rings. The van der Waals surface area contributed by atoms with Crippen molar-refractivity contribution in [3.05, 3.63) is 65.2 Å². The van der Waals surface area contributed by atoms with Gasteiger partial charge in [-0.2, -0.15) is 0 Å². The van der Waals surface area contributed by atoms with Crippen LogP contribution in [0.1, 0.15) is 21.5 Å². The summed E-state index contributed by atoms with van der Waals surface area (Å²) < 4.78 is 0. The molecule has 102 valence electrons. The second-order valence-corrected chi connectivity index (χ2v) is 4.69. The second-order valence-electron chi connectivity index (χ2n) is 4.69. The second kappa shape index (κ2) is 6.02. The molecule has 1 amide bonds. The van der Waals surface area contributed by atoms with Gasteiger partial charge in [0.2, 0.25) is 0 Å². The van der Waals surface area contributed by atoms with Crippen molar-refractivity contribution in [1.29, 1.82) is 5.41 Å². The smallest absolute Gasteiger partial charge is 0.257 e. The maximum absolute atomic E-state index is 11.9. The van der Waals surface area contributed by atoms with Crippen LogP contribution in [0.4, 0.5) is 5.69 Å². The molecular weight excluding hydrogens is 250 g/mol. The van der Waals surface area contributed by atoms with E-state index < -0.39 is 0 Å². The predicted molar refractivity (Wildman–Crippen MR) is 81.2 cm³/mol. The highest BCUT2D eigenvalue weighted by atomic mass is 16.1. The Morgan fingerprint density at radius 1 is 0.900 bits per heavy atom. The van der Waals surface area contributed by atoms with Crippen LogP contribution in [0, 0.1) is 19.3 Å². The van der Waals surface area contributed by atoms with Crippen LogP contribution in [0.2, 0.25) is 0 Å². The minimum absolute atomic E-state index is 0.0422. The molecule has 0 spiro atoms. The molecule has 0 aliphatic heterocycles. The third-order valence-electron chi connectivity index (χ3n) is 2.87. The summed E-state index contributed by atoms with van der Waals surface area (Å²) >= 11 is 0. The van der Waals surface area contributed by atoms with Crippen LogP contribution in [-0.2, 0) is 0 Å². The van der Waals surface area contributed by atoms with E-state index in [1.54, 1.807) is 12.1 Å². The molecule has 0 radical (unpaired) electrons. The molecule has 0 saturated carbocycles. The molecule has 2 rings (SSSR count). The highest BCUT2D eigenvalue weighted by Crippen LogP contribution is 2.08. The van der Waals surface area contributed by atoms with E-state index in [-0.39, 0.29) is 11.9 Å². The molecule has 0 aromatic heterocycles. The monoisotopic (exact) mass is 267 g/mol. The summed E-state index contributed by atoms with van der Waals surface area (Å²) in [4.78, 5) is 11.9. The molecule has 2 aromatic carbocycles. The lowest BCUT2D eigenvalue weighted by Gasteiger charge is -2.09. The van der Waals surface area contributed by atoms with Gasteiger partial charge in [-0.1, -0.05) is 35.4 Å². The van der Waals surface area contributed by atoms with E-state index in [4.69, 9.17) is 5.41 Å². The number of aryl methyl sites for hydroxylation is 2. The van der Waals surface area contributed by atoms with Gasteiger partial charge in [-0.15, -0.1) is 0 Å². The van der Waals surface area contributed by atoms with Crippen molar-refractivity contribution >= 4 is 17.6 Å². The molecule has 0 bridgehead atoms. The molecule has 0 atom stereocenters. The van der Waals surface area contributed by atoms with Gasteiger partial charge in [-0.3, -0.25) is 15.5 Å². The maximum atomic E-state index is 11.9. The first-order chi connectivity index (χ1) is 9.54. The van der Waals surface area contributed by atoms with Gasteiger partial charge in [-0.05, 0) is 38.1 Å². The normalized spacial score (nSPS) is 9.90. The average Bonchev–Trinajstić information content (AvgIpc) is 2.42. The number of anilines is 1. The van der Waals surface area contributed by atoms with Crippen LogP contribution in [0.25, 0.3) is 0 Å². The summed E-state index contributed by atoms with van der Waals surface area (Å²) in [6.07, 6.45) is 0. The number of benzene rings is 2. The third kappa shape index (κ3) is 3.68. The van der Waals surface area contributed by atoms with Crippen molar-refractivity contribution in [1.82, 2.24) is 5.32 Å². The molecule has 0 saturated heterocycles. The van der Waals surface area contributed by atoms with Crippen molar-refractivity contribution < 1.29 is 4.79 Å². The van der Waals surface area contributed by atoms with E-state index in [0.29, 0.717) is 5.56 Å². The Balaban J connectivity index is 1.95. The topological polar surface area (TPSA) is 65.0 Å². The largest absolute Gasteiger partial charge is 0.326 e. The maximum Gasteiger partial charge on any atom is 0.257 e. The Kier molecular flexibility index (Phi) is 4.15. The van der Waals surface area contributed by atoms with E-state index in [1.807, 2.05) is 50.2 Å². The SMILES string of the molecule is Cc1ccc(NC(=N)NC(=O)c2ccc(C)cc2)cc1.